The van der Waals surface area contributed by atoms with E-state index in [2.05, 4.69) is 33.0 Å². The van der Waals surface area contributed by atoms with Crippen LogP contribution >= 0.6 is 0 Å². The summed E-state index contributed by atoms with van der Waals surface area (Å²) in [7, 11) is 0. The Labute approximate surface area is 118 Å². The summed E-state index contributed by atoms with van der Waals surface area (Å²) < 4.78 is 6.00. The van der Waals surface area contributed by atoms with Crippen molar-refractivity contribution in [2.45, 2.75) is 65.5 Å². The summed E-state index contributed by atoms with van der Waals surface area (Å²) in [5, 5.41) is 12.8. The molecule has 0 amide bonds. The van der Waals surface area contributed by atoms with Crippen LogP contribution in [0.15, 0.2) is 0 Å². The van der Waals surface area contributed by atoms with E-state index in [1.807, 2.05) is 0 Å². The summed E-state index contributed by atoms with van der Waals surface area (Å²) in [5.41, 5.74) is 0.652. The highest BCUT2D eigenvalue weighted by Crippen LogP contribution is 2.49. The van der Waals surface area contributed by atoms with Crippen LogP contribution in [-0.4, -0.2) is 37.0 Å². The van der Waals surface area contributed by atoms with Crippen LogP contribution in [0.2, 0.25) is 0 Å². The second-order valence-electron chi connectivity index (χ2n) is 7.68. The van der Waals surface area contributed by atoms with Crippen molar-refractivity contribution in [2.24, 2.45) is 16.7 Å². The lowest BCUT2D eigenvalue weighted by Crippen LogP contribution is -2.61. The molecule has 0 aromatic rings. The summed E-state index contributed by atoms with van der Waals surface area (Å²) in [6.45, 7) is 11.3. The summed E-state index contributed by atoms with van der Waals surface area (Å²) >= 11 is 0. The van der Waals surface area contributed by atoms with Gasteiger partial charge in [0.05, 0.1) is 6.10 Å². The van der Waals surface area contributed by atoms with Crippen LogP contribution in [0.4, 0.5) is 0 Å². The maximum Gasteiger partial charge on any atom is 0.0656 e. The molecule has 0 heterocycles. The predicted octanol–water partition coefficient (Wildman–Crippen LogP) is 2.58. The van der Waals surface area contributed by atoms with Gasteiger partial charge in [0, 0.05) is 31.2 Å². The lowest BCUT2D eigenvalue weighted by atomic mass is 9.64. The topological polar surface area (TPSA) is 41.5 Å². The Morgan fingerprint density at radius 2 is 2.00 bits per heavy atom. The molecule has 0 bridgehead atoms. The van der Waals surface area contributed by atoms with Crippen molar-refractivity contribution in [1.82, 2.24) is 5.32 Å². The Morgan fingerprint density at radius 1 is 1.32 bits per heavy atom. The molecule has 2 aliphatic rings. The average Bonchev–Trinajstić information content (AvgIpc) is 3.07. The number of rotatable bonds is 8. The SMILES string of the molecule is CC(C)COC1CC(NCC2(CCO)CC2)C1(C)C. The highest BCUT2D eigenvalue weighted by molar-refractivity contribution is 5.05. The van der Waals surface area contributed by atoms with E-state index in [-0.39, 0.29) is 5.41 Å². The highest BCUT2D eigenvalue weighted by Gasteiger charge is 2.50. The zero-order valence-electron chi connectivity index (χ0n) is 13.0. The Bertz CT molecular complexity index is 297. The van der Waals surface area contributed by atoms with Crippen LogP contribution in [0.1, 0.15) is 53.4 Å². The van der Waals surface area contributed by atoms with Gasteiger partial charge in [0.25, 0.3) is 0 Å². The monoisotopic (exact) mass is 269 g/mol. The molecule has 0 saturated heterocycles. The van der Waals surface area contributed by atoms with Gasteiger partial charge in [-0.1, -0.05) is 27.7 Å². The second-order valence-corrected chi connectivity index (χ2v) is 7.68. The number of hydrogen-bond donors (Lipinski definition) is 2. The molecular formula is C16H31NO2. The largest absolute Gasteiger partial charge is 0.396 e. The molecule has 3 heteroatoms. The molecule has 2 rings (SSSR count). The van der Waals surface area contributed by atoms with Crippen molar-refractivity contribution in [3.63, 3.8) is 0 Å². The molecule has 19 heavy (non-hydrogen) atoms. The minimum atomic E-state index is 0.240. The molecule has 2 saturated carbocycles. The second kappa shape index (κ2) is 5.71. The van der Waals surface area contributed by atoms with E-state index in [1.165, 1.54) is 12.8 Å². The Balaban J connectivity index is 1.72. The molecule has 2 atom stereocenters. The predicted molar refractivity (Wildman–Crippen MR) is 78.1 cm³/mol. The smallest absolute Gasteiger partial charge is 0.0656 e. The standard InChI is InChI=1S/C16H31NO2/c1-12(2)10-19-14-9-13(15(14,3)4)17-11-16(5-6-16)7-8-18/h12-14,17-18H,5-11H2,1-4H3. The van der Waals surface area contributed by atoms with E-state index in [9.17, 15) is 0 Å². The summed E-state index contributed by atoms with van der Waals surface area (Å²) in [6.07, 6.45) is 5.05. The van der Waals surface area contributed by atoms with Crippen molar-refractivity contribution >= 4 is 0 Å². The van der Waals surface area contributed by atoms with Gasteiger partial charge in [-0.25, -0.2) is 0 Å². The summed E-state index contributed by atoms with van der Waals surface area (Å²) in [6, 6.07) is 0.570. The molecule has 3 nitrogen and oxygen atoms in total. The number of aliphatic hydroxyl groups is 1. The highest BCUT2D eigenvalue weighted by atomic mass is 16.5. The van der Waals surface area contributed by atoms with Gasteiger partial charge in [-0.05, 0) is 37.0 Å². The lowest BCUT2D eigenvalue weighted by Gasteiger charge is -2.52. The van der Waals surface area contributed by atoms with E-state index in [4.69, 9.17) is 9.84 Å². The lowest BCUT2D eigenvalue weighted by molar-refractivity contribution is -0.124. The molecule has 0 aromatic carbocycles. The van der Waals surface area contributed by atoms with Gasteiger partial charge in [-0.2, -0.15) is 0 Å². The van der Waals surface area contributed by atoms with Gasteiger partial charge in [-0.15, -0.1) is 0 Å². The van der Waals surface area contributed by atoms with Gasteiger partial charge >= 0.3 is 0 Å². The van der Waals surface area contributed by atoms with E-state index in [0.29, 0.717) is 30.1 Å². The maximum atomic E-state index is 9.10. The van der Waals surface area contributed by atoms with Crippen molar-refractivity contribution in [1.29, 1.82) is 0 Å². The first-order valence-electron chi connectivity index (χ1n) is 7.85. The number of hydrogen-bond acceptors (Lipinski definition) is 3. The van der Waals surface area contributed by atoms with Crippen LogP contribution in [0, 0.1) is 16.7 Å². The fourth-order valence-electron chi connectivity index (χ4n) is 3.09. The zero-order valence-corrected chi connectivity index (χ0v) is 13.0. The van der Waals surface area contributed by atoms with Crippen LogP contribution < -0.4 is 5.32 Å². The fourth-order valence-corrected chi connectivity index (χ4v) is 3.09. The fraction of sp³-hybridized carbons (Fsp3) is 1.00. The molecule has 2 fully saturated rings. The molecular weight excluding hydrogens is 238 g/mol. The molecule has 0 aromatic heterocycles. The van der Waals surface area contributed by atoms with Crippen molar-refractivity contribution < 1.29 is 9.84 Å². The quantitative estimate of drug-likeness (QED) is 0.711. The van der Waals surface area contributed by atoms with E-state index >= 15 is 0 Å². The van der Waals surface area contributed by atoms with Crippen LogP contribution in [0.5, 0.6) is 0 Å². The minimum Gasteiger partial charge on any atom is -0.396 e. The number of nitrogens with one attached hydrogen (secondary N) is 1. The van der Waals surface area contributed by atoms with Crippen molar-refractivity contribution in [2.75, 3.05) is 19.8 Å². The molecule has 2 unspecified atom stereocenters. The van der Waals surface area contributed by atoms with Crippen LogP contribution in [-0.2, 0) is 4.74 Å². The first-order valence-corrected chi connectivity index (χ1v) is 7.85. The Morgan fingerprint density at radius 3 is 2.47 bits per heavy atom. The Kier molecular flexibility index (Phi) is 4.59. The van der Waals surface area contributed by atoms with Gasteiger partial charge in [0.1, 0.15) is 0 Å². The average molecular weight is 269 g/mol. The van der Waals surface area contributed by atoms with E-state index < -0.39 is 0 Å². The molecule has 0 radical (unpaired) electrons. The third-order valence-corrected chi connectivity index (χ3v) is 5.13. The van der Waals surface area contributed by atoms with Gasteiger partial charge in [0.2, 0.25) is 0 Å². The van der Waals surface area contributed by atoms with Crippen molar-refractivity contribution in [3.8, 4) is 0 Å². The molecule has 2 N–H and O–H groups in total. The first kappa shape index (κ1) is 15.3. The Hall–Kier alpha value is -0.120. The summed E-state index contributed by atoms with van der Waals surface area (Å²) in [4.78, 5) is 0. The van der Waals surface area contributed by atoms with Gasteiger partial charge in [0.15, 0.2) is 0 Å². The van der Waals surface area contributed by atoms with E-state index in [1.54, 1.807) is 0 Å². The summed E-state index contributed by atoms with van der Waals surface area (Å²) in [5.74, 6) is 0.613. The maximum absolute atomic E-state index is 9.10. The van der Waals surface area contributed by atoms with Gasteiger partial charge in [-0.3, -0.25) is 0 Å². The third-order valence-electron chi connectivity index (χ3n) is 5.13. The van der Waals surface area contributed by atoms with Crippen molar-refractivity contribution in [3.05, 3.63) is 0 Å². The minimum absolute atomic E-state index is 0.240. The molecule has 0 spiro atoms. The van der Waals surface area contributed by atoms with E-state index in [0.717, 1.165) is 26.0 Å². The molecule has 2 aliphatic carbocycles. The van der Waals surface area contributed by atoms with Gasteiger partial charge < -0.3 is 15.2 Å². The first-order chi connectivity index (χ1) is 8.89. The number of aliphatic hydroxyl groups excluding tert-OH is 1. The third kappa shape index (κ3) is 3.50. The molecule has 112 valence electrons. The van der Waals surface area contributed by atoms with Crippen LogP contribution in [0.25, 0.3) is 0 Å². The normalized spacial score (nSPS) is 31.3. The number of ether oxygens (including phenoxy) is 1. The zero-order chi connectivity index (χ0) is 14.1. The molecule has 0 aliphatic heterocycles. The van der Waals surface area contributed by atoms with Crippen LogP contribution in [0.3, 0.4) is 0 Å².